The van der Waals surface area contributed by atoms with Crippen LogP contribution in [0.2, 0.25) is 0 Å². The number of aliphatic hydroxyl groups excluding tert-OH is 12. The van der Waals surface area contributed by atoms with Crippen LogP contribution in [0.5, 0.6) is 0 Å². The maximum absolute atomic E-state index is 12.3. The molecule has 0 aliphatic carbocycles. The topological polar surface area (TPSA) is 346 Å². The van der Waals surface area contributed by atoms with Crippen molar-refractivity contribution in [3.05, 3.63) is 35.9 Å². The van der Waals surface area contributed by atoms with Crippen molar-refractivity contribution in [1.82, 2.24) is 5.32 Å². The van der Waals surface area contributed by atoms with Crippen molar-refractivity contribution in [3.63, 3.8) is 0 Å². The summed E-state index contributed by atoms with van der Waals surface area (Å²) in [4.78, 5) is 12.3. The largest absolute Gasteiger partial charge is 0.394 e. The van der Waals surface area contributed by atoms with Gasteiger partial charge >= 0.3 is 0 Å². The first-order valence-electron chi connectivity index (χ1n) is 17.6. The number of carbonyl (C=O) groups excluding carboxylic acids is 1. The first-order chi connectivity index (χ1) is 26.2. The SMILES string of the molecule is CC(=O)N[C@H]1[C@@H](OCc2ccccc2)O[C@H](CO[C@@H]2O[C@H](CO)[C@H](O)[C@H](O[C@@H]3O[C@H](CO)[C@H](O)[C@H](O)[C@H]3O)[C@H]2O)[C@@H](O[C@@H]2O[C@@H]([C@H](O)CO)[C@H](O)[C@H]2O)[C@@H]1O. The summed E-state index contributed by atoms with van der Waals surface area (Å²) in [6, 6.07) is 7.45. The number of hydrogen-bond acceptors (Lipinski definition) is 21. The number of nitrogens with one attached hydrogen (secondary N) is 1. The van der Waals surface area contributed by atoms with Crippen molar-refractivity contribution < 1.29 is 104 Å². The van der Waals surface area contributed by atoms with Gasteiger partial charge in [0.25, 0.3) is 0 Å². The summed E-state index contributed by atoms with van der Waals surface area (Å²) in [5, 5.41) is 127. The third-order valence-corrected chi connectivity index (χ3v) is 9.80. The zero-order chi connectivity index (χ0) is 40.1. The van der Waals surface area contributed by atoms with Gasteiger partial charge in [0.05, 0.1) is 33.0 Å². The second-order valence-electron chi connectivity index (χ2n) is 13.7. The van der Waals surface area contributed by atoms with Crippen molar-refractivity contribution in [1.29, 1.82) is 0 Å². The molecular formula is C33H51NO21. The molecule has 20 atom stereocenters. The Morgan fingerprint density at radius 1 is 0.655 bits per heavy atom. The number of aliphatic hydroxyl groups is 12. The van der Waals surface area contributed by atoms with Crippen LogP contribution in [-0.4, -0.2) is 216 Å². The molecule has 314 valence electrons. The first kappa shape index (κ1) is 44.0. The van der Waals surface area contributed by atoms with Gasteiger partial charge in [0.15, 0.2) is 25.2 Å². The van der Waals surface area contributed by atoms with Crippen molar-refractivity contribution in [2.75, 3.05) is 26.4 Å². The molecule has 0 bridgehead atoms. The van der Waals surface area contributed by atoms with Crippen LogP contribution in [0.4, 0.5) is 0 Å². The van der Waals surface area contributed by atoms with E-state index in [0.29, 0.717) is 5.56 Å². The monoisotopic (exact) mass is 797 g/mol. The Bertz CT molecular complexity index is 1330. The summed E-state index contributed by atoms with van der Waals surface area (Å²) in [6.07, 6.45) is -32.1. The Hall–Kier alpha value is -2.11. The van der Waals surface area contributed by atoms with Crippen molar-refractivity contribution in [2.45, 2.75) is 136 Å². The highest BCUT2D eigenvalue weighted by atomic mass is 16.8. The van der Waals surface area contributed by atoms with Gasteiger partial charge in [0.2, 0.25) is 5.91 Å². The Morgan fingerprint density at radius 2 is 1.24 bits per heavy atom. The van der Waals surface area contributed by atoms with Crippen LogP contribution in [0.15, 0.2) is 30.3 Å². The molecule has 4 fully saturated rings. The molecule has 0 saturated carbocycles. The lowest BCUT2D eigenvalue weighted by Gasteiger charge is -2.47. The number of hydrogen-bond donors (Lipinski definition) is 13. The molecule has 4 aliphatic rings. The van der Waals surface area contributed by atoms with Crippen LogP contribution in [0, 0.1) is 0 Å². The van der Waals surface area contributed by atoms with Crippen LogP contribution < -0.4 is 5.32 Å². The number of carbonyl (C=O) groups is 1. The minimum absolute atomic E-state index is 0.0672. The quantitative estimate of drug-likeness (QED) is 0.0784. The van der Waals surface area contributed by atoms with Gasteiger partial charge in [-0.2, -0.15) is 0 Å². The van der Waals surface area contributed by atoms with E-state index in [1.807, 2.05) is 0 Å². The number of benzene rings is 1. The van der Waals surface area contributed by atoms with E-state index in [1.54, 1.807) is 30.3 Å². The summed E-state index contributed by atoms with van der Waals surface area (Å²) in [5.74, 6) is -0.606. The molecule has 22 nitrogen and oxygen atoms in total. The van der Waals surface area contributed by atoms with E-state index in [2.05, 4.69) is 5.32 Å². The minimum Gasteiger partial charge on any atom is -0.394 e. The predicted octanol–water partition coefficient (Wildman–Crippen LogP) is -7.38. The highest BCUT2D eigenvalue weighted by molar-refractivity contribution is 5.73. The summed E-state index contributed by atoms with van der Waals surface area (Å²) in [7, 11) is 0. The summed E-state index contributed by atoms with van der Waals surface area (Å²) in [6.45, 7) is -2.05. The Kier molecular flexibility index (Phi) is 15.6. The lowest BCUT2D eigenvalue weighted by atomic mass is 9.95. The normalized spacial score (nSPS) is 44.3. The molecule has 0 spiro atoms. The predicted molar refractivity (Wildman–Crippen MR) is 174 cm³/mol. The highest BCUT2D eigenvalue weighted by Gasteiger charge is 2.54. The maximum atomic E-state index is 12.3. The third-order valence-electron chi connectivity index (χ3n) is 9.80. The van der Waals surface area contributed by atoms with Crippen molar-refractivity contribution in [2.24, 2.45) is 0 Å². The summed E-state index contributed by atoms with van der Waals surface area (Å²) in [5.41, 5.74) is 0.691. The van der Waals surface area contributed by atoms with Gasteiger partial charge in [-0.05, 0) is 5.56 Å². The molecule has 0 radical (unpaired) electrons. The average molecular weight is 798 g/mol. The Morgan fingerprint density at radius 3 is 1.87 bits per heavy atom. The van der Waals surface area contributed by atoms with E-state index in [4.69, 9.17) is 37.9 Å². The molecule has 4 heterocycles. The molecule has 4 saturated heterocycles. The van der Waals surface area contributed by atoms with Gasteiger partial charge in [-0.3, -0.25) is 4.79 Å². The molecule has 5 rings (SSSR count). The number of ether oxygens (including phenoxy) is 8. The van der Waals surface area contributed by atoms with Crippen molar-refractivity contribution >= 4 is 5.91 Å². The van der Waals surface area contributed by atoms with E-state index < -0.39 is 155 Å². The molecule has 55 heavy (non-hydrogen) atoms. The van der Waals surface area contributed by atoms with Crippen LogP contribution >= 0.6 is 0 Å². The summed E-state index contributed by atoms with van der Waals surface area (Å²) >= 11 is 0. The molecule has 4 aliphatic heterocycles. The lowest BCUT2D eigenvalue weighted by molar-refractivity contribution is -0.366. The fourth-order valence-corrected chi connectivity index (χ4v) is 6.74. The number of rotatable bonds is 15. The van der Waals surface area contributed by atoms with Gasteiger partial charge in [0, 0.05) is 6.92 Å². The smallest absolute Gasteiger partial charge is 0.217 e. The molecular weight excluding hydrogens is 746 g/mol. The first-order valence-corrected chi connectivity index (χ1v) is 17.6. The van der Waals surface area contributed by atoms with Gasteiger partial charge < -0.3 is 104 Å². The molecule has 1 aromatic carbocycles. The molecule has 22 heteroatoms. The highest BCUT2D eigenvalue weighted by Crippen LogP contribution is 2.34. The molecule has 1 amide bonds. The third kappa shape index (κ3) is 9.96. The Balaban J connectivity index is 1.38. The molecule has 0 aromatic heterocycles. The zero-order valence-corrected chi connectivity index (χ0v) is 29.5. The van der Waals surface area contributed by atoms with E-state index in [1.165, 1.54) is 6.92 Å². The van der Waals surface area contributed by atoms with E-state index in [9.17, 15) is 66.1 Å². The molecule has 1 aromatic rings. The Labute approximate surface area is 313 Å². The maximum Gasteiger partial charge on any atom is 0.217 e. The fourth-order valence-electron chi connectivity index (χ4n) is 6.74. The van der Waals surface area contributed by atoms with Crippen LogP contribution in [0.25, 0.3) is 0 Å². The zero-order valence-electron chi connectivity index (χ0n) is 29.5. The van der Waals surface area contributed by atoms with Crippen LogP contribution in [-0.2, 0) is 49.3 Å². The summed E-state index contributed by atoms with van der Waals surface area (Å²) < 4.78 is 45.9. The molecule has 13 N–H and O–H groups in total. The second-order valence-corrected chi connectivity index (χ2v) is 13.7. The van der Waals surface area contributed by atoms with Crippen LogP contribution in [0.3, 0.4) is 0 Å². The van der Waals surface area contributed by atoms with E-state index >= 15 is 0 Å². The van der Waals surface area contributed by atoms with Gasteiger partial charge in [-0.1, -0.05) is 30.3 Å². The van der Waals surface area contributed by atoms with Gasteiger partial charge in [-0.25, -0.2) is 0 Å². The van der Waals surface area contributed by atoms with Gasteiger partial charge in [0.1, 0.15) is 97.6 Å². The average Bonchev–Trinajstić information content (AvgIpc) is 3.46. The van der Waals surface area contributed by atoms with E-state index in [0.717, 1.165) is 0 Å². The van der Waals surface area contributed by atoms with Crippen LogP contribution in [0.1, 0.15) is 12.5 Å². The standard InChI is InChI=1S/C33H51NO21/c1-12(38)34-18-21(42)28(54-33-25(46)23(44)27(53-33)14(39)7-35)17(52-30(18)48-10-13-5-3-2-4-6-13)11-49-31-26(47)29(20(41)16(9-37)50-31)55-32-24(45)22(43)19(40)15(8-36)51-32/h2-6,14-33,35-37,39-47H,7-11H2,1H3,(H,34,38)/t14-,15-,16-,17-,18-,19+,20+,21-,22+,23-,24-,25-,26-,27+,28-,29+,30+,31-,32+,33+/m1/s1. The van der Waals surface area contributed by atoms with E-state index in [-0.39, 0.29) is 6.61 Å². The lowest BCUT2D eigenvalue weighted by Crippen LogP contribution is -2.67. The number of amides is 1. The second kappa shape index (κ2) is 19.6. The minimum atomic E-state index is -1.94. The fraction of sp³-hybridized carbons (Fsp3) is 0.788. The molecule has 0 unspecified atom stereocenters. The van der Waals surface area contributed by atoms with Gasteiger partial charge in [-0.15, -0.1) is 0 Å². The van der Waals surface area contributed by atoms with Crippen molar-refractivity contribution in [3.8, 4) is 0 Å².